The maximum absolute atomic E-state index is 11.9. The number of hydrogen-bond acceptors (Lipinski definition) is 4. The molecule has 0 unspecified atom stereocenters. The first-order chi connectivity index (χ1) is 8.70. The quantitative estimate of drug-likeness (QED) is 0.753. The van der Waals surface area contributed by atoms with Crippen molar-refractivity contribution >= 4 is 17.6 Å². The van der Waals surface area contributed by atoms with E-state index in [1.54, 1.807) is 12.1 Å². The zero-order valence-electron chi connectivity index (χ0n) is 11.3. The first kappa shape index (κ1) is 15.1. The third-order valence-corrected chi connectivity index (χ3v) is 2.64. The lowest BCUT2D eigenvalue weighted by atomic mass is 9.87. The average molecular weight is 265 g/mol. The topological polar surface area (TPSA) is 105 Å². The summed E-state index contributed by atoms with van der Waals surface area (Å²) in [6, 6.07) is 2.54. The maximum atomic E-state index is 11.9. The third kappa shape index (κ3) is 4.67. The van der Waals surface area contributed by atoms with E-state index in [0.29, 0.717) is 11.4 Å². The van der Waals surface area contributed by atoms with E-state index >= 15 is 0 Å². The first-order valence-corrected chi connectivity index (χ1v) is 5.93. The predicted molar refractivity (Wildman–Crippen MR) is 71.6 cm³/mol. The number of carbonyl (C=O) groups is 2. The molecule has 0 spiro atoms. The van der Waals surface area contributed by atoms with Crippen LogP contribution in [0.5, 0.6) is 0 Å². The molecule has 0 aliphatic heterocycles. The summed E-state index contributed by atoms with van der Waals surface area (Å²) in [7, 11) is 0. The molecular weight excluding hydrogens is 246 g/mol. The minimum absolute atomic E-state index is 0.143. The summed E-state index contributed by atoms with van der Waals surface area (Å²) in [6.07, 6.45) is 1.28. The van der Waals surface area contributed by atoms with Crippen LogP contribution in [0.15, 0.2) is 18.3 Å². The highest BCUT2D eigenvalue weighted by Gasteiger charge is 2.27. The number of carboxylic acid groups (broad SMARTS) is 1. The van der Waals surface area contributed by atoms with Gasteiger partial charge in [-0.2, -0.15) is 0 Å². The molecule has 4 N–H and O–H groups in total. The second kappa shape index (κ2) is 5.79. The number of nitrogens with one attached hydrogen (secondary N) is 1. The Morgan fingerprint density at radius 3 is 2.47 bits per heavy atom. The molecule has 0 aliphatic rings. The number of nitrogens with two attached hydrogens (primary N) is 1. The lowest BCUT2D eigenvalue weighted by molar-refractivity contribution is -0.136. The van der Waals surface area contributed by atoms with Crippen LogP contribution in [0.2, 0.25) is 0 Å². The second-order valence-corrected chi connectivity index (χ2v) is 5.44. The van der Waals surface area contributed by atoms with Gasteiger partial charge in [0.05, 0.1) is 30.0 Å². The molecule has 1 atom stereocenters. The van der Waals surface area contributed by atoms with Gasteiger partial charge in [0.15, 0.2) is 0 Å². The molecule has 1 aromatic heterocycles. The number of rotatable bonds is 4. The zero-order valence-corrected chi connectivity index (χ0v) is 11.3. The van der Waals surface area contributed by atoms with Crippen molar-refractivity contribution in [3.8, 4) is 0 Å². The molecule has 0 aromatic carbocycles. The molecule has 0 aliphatic carbocycles. The molecule has 0 saturated heterocycles. The van der Waals surface area contributed by atoms with Crippen LogP contribution in [-0.4, -0.2) is 28.0 Å². The van der Waals surface area contributed by atoms with E-state index in [0.717, 1.165) is 0 Å². The van der Waals surface area contributed by atoms with Gasteiger partial charge in [-0.3, -0.25) is 14.6 Å². The Bertz CT molecular complexity index is 463. The van der Waals surface area contributed by atoms with Crippen molar-refractivity contribution in [3.05, 3.63) is 24.0 Å². The molecule has 1 heterocycles. The molecule has 0 bridgehead atoms. The molecule has 1 aromatic rings. The lowest BCUT2D eigenvalue weighted by Crippen LogP contribution is -2.45. The highest BCUT2D eigenvalue weighted by molar-refractivity contribution is 5.95. The van der Waals surface area contributed by atoms with E-state index in [1.807, 2.05) is 20.8 Å². The first-order valence-electron chi connectivity index (χ1n) is 5.93. The molecule has 0 radical (unpaired) electrons. The van der Waals surface area contributed by atoms with Gasteiger partial charge >= 0.3 is 5.97 Å². The Kier molecular flexibility index (Phi) is 4.61. The number of hydrogen-bond donors (Lipinski definition) is 3. The SMILES string of the molecule is CC(C)(C)[C@H](N)C(=O)Nc1ccc(CC(=O)O)nc1. The van der Waals surface area contributed by atoms with Crippen molar-refractivity contribution in [1.29, 1.82) is 0 Å². The summed E-state index contributed by atoms with van der Waals surface area (Å²) in [5.74, 6) is -1.24. The van der Waals surface area contributed by atoms with Crippen LogP contribution in [0, 0.1) is 5.41 Å². The molecular formula is C13H19N3O3. The van der Waals surface area contributed by atoms with Crippen LogP contribution in [-0.2, 0) is 16.0 Å². The molecule has 0 saturated carbocycles. The van der Waals surface area contributed by atoms with Crippen LogP contribution < -0.4 is 11.1 Å². The fourth-order valence-electron chi connectivity index (χ4n) is 1.37. The monoisotopic (exact) mass is 265 g/mol. The highest BCUT2D eigenvalue weighted by atomic mass is 16.4. The summed E-state index contributed by atoms with van der Waals surface area (Å²) in [5.41, 5.74) is 6.43. The zero-order chi connectivity index (χ0) is 14.6. The summed E-state index contributed by atoms with van der Waals surface area (Å²) in [4.78, 5) is 26.3. The molecule has 104 valence electrons. The summed E-state index contributed by atoms with van der Waals surface area (Å²) in [5, 5.41) is 11.3. The van der Waals surface area contributed by atoms with Crippen LogP contribution in [0.1, 0.15) is 26.5 Å². The van der Waals surface area contributed by atoms with Gasteiger partial charge in [-0.25, -0.2) is 0 Å². The minimum Gasteiger partial charge on any atom is -0.481 e. The fraction of sp³-hybridized carbons (Fsp3) is 0.462. The number of aliphatic carboxylic acids is 1. The fourth-order valence-corrected chi connectivity index (χ4v) is 1.37. The van der Waals surface area contributed by atoms with Gasteiger partial charge in [-0.05, 0) is 17.5 Å². The van der Waals surface area contributed by atoms with Gasteiger partial charge in [-0.1, -0.05) is 20.8 Å². The van der Waals surface area contributed by atoms with E-state index in [1.165, 1.54) is 6.20 Å². The summed E-state index contributed by atoms with van der Waals surface area (Å²) in [6.45, 7) is 5.64. The van der Waals surface area contributed by atoms with E-state index in [4.69, 9.17) is 10.8 Å². The number of carbonyl (C=O) groups excluding carboxylic acids is 1. The molecule has 6 nitrogen and oxygen atoms in total. The minimum atomic E-state index is -0.945. The largest absolute Gasteiger partial charge is 0.481 e. The van der Waals surface area contributed by atoms with Crippen molar-refractivity contribution in [1.82, 2.24) is 4.98 Å². The average Bonchev–Trinajstić information content (AvgIpc) is 2.28. The Balaban J connectivity index is 2.68. The Morgan fingerprint density at radius 1 is 1.42 bits per heavy atom. The number of anilines is 1. The number of aromatic nitrogens is 1. The maximum Gasteiger partial charge on any atom is 0.309 e. The molecule has 1 amide bonds. The lowest BCUT2D eigenvalue weighted by Gasteiger charge is -2.25. The standard InChI is InChI=1S/C13H19N3O3/c1-13(2,3)11(14)12(19)16-9-5-4-8(15-7-9)6-10(17)18/h4-5,7,11H,6,14H2,1-3H3,(H,16,19)(H,17,18)/t11-/m1/s1. The third-order valence-electron chi connectivity index (χ3n) is 2.64. The second-order valence-electron chi connectivity index (χ2n) is 5.44. The molecule has 0 fully saturated rings. The van der Waals surface area contributed by atoms with Crippen LogP contribution in [0.25, 0.3) is 0 Å². The van der Waals surface area contributed by atoms with Crippen molar-refractivity contribution in [3.63, 3.8) is 0 Å². The Morgan fingerprint density at radius 2 is 2.05 bits per heavy atom. The molecule has 6 heteroatoms. The van der Waals surface area contributed by atoms with Gasteiger partial charge in [0.25, 0.3) is 0 Å². The number of nitrogens with zero attached hydrogens (tertiary/aromatic N) is 1. The van der Waals surface area contributed by atoms with Gasteiger partial charge in [-0.15, -0.1) is 0 Å². The molecule has 1 rings (SSSR count). The number of pyridine rings is 1. The Hall–Kier alpha value is -1.95. The van der Waals surface area contributed by atoms with Crippen molar-refractivity contribution < 1.29 is 14.7 Å². The predicted octanol–water partition coefficient (Wildman–Crippen LogP) is 1.02. The molecule has 19 heavy (non-hydrogen) atoms. The van der Waals surface area contributed by atoms with Gasteiger partial charge in [0.1, 0.15) is 0 Å². The van der Waals surface area contributed by atoms with E-state index in [9.17, 15) is 9.59 Å². The van der Waals surface area contributed by atoms with Crippen molar-refractivity contribution in [2.45, 2.75) is 33.2 Å². The highest BCUT2D eigenvalue weighted by Crippen LogP contribution is 2.18. The van der Waals surface area contributed by atoms with Crippen LogP contribution in [0.4, 0.5) is 5.69 Å². The van der Waals surface area contributed by atoms with E-state index < -0.39 is 12.0 Å². The summed E-state index contributed by atoms with van der Waals surface area (Å²) >= 11 is 0. The van der Waals surface area contributed by atoms with Crippen LogP contribution >= 0.6 is 0 Å². The van der Waals surface area contributed by atoms with Gasteiger partial charge in [0.2, 0.25) is 5.91 Å². The van der Waals surface area contributed by atoms with Crippen LogP contribution in [0.3, 0.4) is 0 Å². The van der Waals surface area contributed by atoms with Gasteiger partial charge in [0, 0.05) is 0 Å². The number of amides is 1. The Labute approximate surface area is 112 Å². The van der Waals surface area contributed by atoms with Crippen molar-refractivity contribution in [2.75, 3.05) is 5.32 Å². The van der Waals surface area contributed by atoms with Gasteiger partial charge < -0.3 is 16.2 Å². The van der Waals surface area contributed by atoms with Crippen molar-refractivity contribution in [2.24, 2.45) is 11.1 Å². The normalized spacial score (nSPS) is 12.8. The smallest absolute Gasteiger partial charge is 0.309 e. The van der Waals surface area contributed by atoms with E-state index in [-0.39, 0.29) is 17.7 Å². The number of carboxylic acids is 1. The van der Waals surface area contributed by atoms with E-state index in [2.05, 4.69) is 10.3 Å². The summed E-state index contributed by atoms with van der Waals surface area (Å²) < 4.78 is 0.